The normalized spacial score (nSPS) is 12.3. The number of rotatable bonds is 31. The number of allylic oxidation sites excluding steroid dienone is 10. The summed E-state index contributed by atoms with van der Waals surface area (Å²) in [5.74, 6) is 0.0666. The highest BCUT2D eigenvalue weighted by molar-refractivity contribution is 5.75. The van der Waals surface area contributed by atoms with Gasteiger partial charge in [-0.15, -0.1) is 0 Å². The maximum atomic E-state index is 11.9. The van der Waals surface area contributed by atoms with Crippen molar-refractivity contribution in [2.24, 2.45) is 0 Å². The van der Waals surface area contributed by atoms with Crippen LogP contribution in [0.4, 0.5) is 0 Å². The molecule has 0 aromatic heterocycles. The zero-order chi connectivity index (χ0) is 29.7. The Balaban J connectivity index is 3.34. The van der Waals surface area contributed by atoms with Gasteiger partial charge in [-0.1, -0.05) is 67.7 Å². The lowest BCUT2D eigenvalue weighted by Gasteiger charge is -2.08. The molecule has 8 heteroatoms. The average molecular weight is 580 g/mol. The molecule has 0 saturated heterocycles. The molecule has 1 N–H and O–H groups in total. The Kier molecular flexibility index (Phi) is 34.1. The molecule has 0 aromatic rings. The van der Waals surface area contributed by atoms with Crippen molar-refractivity contribution in [1.29, 1.82) is 0 Å². The van der Waals surface area contributed by atoms with Gasteiger partial charge in [-0.2, -0.15) is 0 Å². The lowest BCUT2D eigenvalue weighted by Crippen LogP contribution is -2.27. The fourth-order valence-electron chi connectivity index (χ4n) is 3.22. The number of ether oxygens (including phenoxy) is 6. The van der Waals surface area contributed by atoms with Gasteiger partial charge in [-0.25, -0.2) is 0 Å². The minimum atomic E-state index is 0.0666. The molecule has 0 radical (unpaired) electrons. The number of amides is 1. The Morgan fingerprint density at radius 1 is 0.537 bits per heavy atom. The number of nitrogens with one attached hydrogen (secondary N) is 1. The molecule has 0 unspecified atom stereocenters. The first-order valence-electron chi connectivity index (χ1n) is 15.2. The summed E-state index contributed by atoms with van der Waals surface area (Å²) in [4.78, 5) is 11.9. The molecule has 0 aromatic carbocycles. The van der Waals surface area contributed by atoms with E-state index in [0.717, 1.165) is 44.9 Å². The summed E-state index contributed by atoms with van der Waals surface area (Å²) >= 11 is 0. The van der Waals surface area contributed by atoms with Crippen LogP contribution in [0.5, 0.6) is 0 Å². The summed E-state index contributed by atoms with van der Waals surface area (Å²) in [5, 5.41) is 2.89. The van der Waals surface area contributed by atoms with Crippen molar-refractivity contribution in [2.45, 2.75) is 58.3 Å². The lowest BCUT2D eigenvalue weighted by molar-refractivity contribution is -0.121. The number of methoxy groups -OCH3 is 1. The summed E-state index contributed by atoms with van der Waals surface area (Å²) in [5.41, 5.74) is 0. The van der Waals surface area contributed by atoms with Crippen molar-refractivity contribution in [1.82, 2.24) is 5.32 Å². The minimum Gasteiger partial charge on any atom is -0.382 e. The third-order valence-corrected chi connectivity index (χ3v) is 5.42. The van der Waals surface area contributed by atoms with Gasteiger partial charge in [0.05, 0.1) is 72.7 Å². The summed E-state index contributed by atoms with van der Waals surface area (Å²) in [7, 11) is 1.65. The van der Waals surface area contributed by atoms with Crippen molar-refractivity contribution in [3.63, 3.8) is 0 Å². The van der Waals surface area contributed by atoms with Crippen LogP contribution < -0.4 is 5.32 Å². The predicted octanol–water partition coefficient (Wildman–Crippen LogP) is 5.75. The largest absolute Gasteiger partial charge is 0.382 e. The fourth-order valence-corrected chi connectivity index (χ4v) is 3.22. The van der Waals surface area contributed by atoms with Gasteiger partial charge in [0, 0.05) is 20.1 Å². The van der Waals surface area contributed by atoms with E-state index in [1.54, 1.807) is 7.11 Å². The van der Waals surface area contributed by atoms with E-state index in [-0.39, 0.29) is 5.91 Å². The molecule has 0 aliphatic carbocycles. The highest BCUT2D eigenvalue weighted by Crippen LogP contribution is 1.99. The van der Waals surface area contributed by atoms with Crippen LogP contribution in [0.1, 0.15) is 58.3 Å². The number of carbonyl (C=O) groups is 1. The third-order valence-electron chi connectivity index (χ3n) is 5.42. The molecule has 0 fully saturated rings. The second-order valence-electron chi connectivity index (χ2n) is 9.00. The molecule has 1 amide bonds. The Morgan fingerprint density at radius 2 is 0.927 bits per heavy atom. The van der Waals surface area contributed by atoms with E-state index in [1.807, 2.05) is 0 Å². The first-order chi connectivity index (χ1) is 20.3. The van der Waals surface area contributed by atoms with Gasteiger partial charge in [0.15, 0.2) is 0 Å². The maximum Gasteiger partial charge on any atom is 0.220 e. The van der Waals surface area contributed by atoms with E-state index in [0.29, 0.717) is 85.6 Å². The Hall–Kier alpha value is -2.07. The third kappa shape index (κ3) is 35.9. The second kappa shape index (κ2) is 36.0. The van der Waals surface area contributed by atoms with E-state index < -0.39 is 0 Å². The summed E-state index contributed by atoms with van der Waals surface area (Å²) < 4.78 is 32.0. The van der Waals surface area contributed by atoms with Crippen LogP contribution in [0.15, 0.2) is 60.8 Å². The predicted molar refractivity (Wildman–Crippen MR) is 167 cm³/mol. The number of hydrogen-bond donors (Lipinski definition) is 1. The van der Waals surface area contributed by atoms with E-state index in [2.05, 4.69) is 73.0 Å². The molecule has 0 spiro atoms. The van der Waals surface area contributed by atoms with Crippen molar-refractivity contribution in [3.8, 4) is 0 Å². The monoisotopic (exact) mass is 579 g/mol. The zero-order valence-electron chi connectivity index (χ0n) is 25.8. The van der Waals surface area contributed by atoms with Gasteiger partial charge < -0.3 is 33.7 Å². The minimum absolute atomic E-state index is 0.0666. The lowest BCUT2D eigenvalue weighted by atomic mass is 10.2. The number of unbranched alkanes of at least 4 members (excludes halogenated alkanes) is 1. The number of carbonyl (C=O) groups excluding carboxylic acids is 1. The standard InChI is InChI=1S/C33H57NO7/c1-3-4-5-6-7-8-9-10-11-12-13-14-15-16-17-18-19-20-33(35)34-21-22-37-25-26-39-29-30-41-32-31-40-28-27-38-24-23-36-2/h4-5,7-8,10-11,13-14,16-17H,3,6,9,12,15,18-32H2,1-2H3,(H,34,35). The SMILES string of the molecule is CCC=CCC=CCC=CCC=CCC=CCCCC(=O)NCCOCCOCCOCCOCCOCCOC. The first-order valence-corrected chi connectivity index (χ1v) is 15.2. The molecule has 41 heavy (non-hydrogen) atoms. The molecule has 0 rings (SSSR count). The Bertz CT molecular complexity index is 689. The van der Waals surface area contributed by atoms with Gasteiger partial charge in [0.25, 0.3) is 0 Å². The van der Waals surface area contributed by atoms with Crippen LogP contribution in [-0.4, -0.2) is 92.2 Å². The smallest absolute Gasteiger partial charge is 0.220 e. The second-order valence-corrected chi connectivity index (χ2v) is 9.00. The summed E-state index contributed by atoms with van der Waals surface area (Å²) in [6.45, 7) is 8.51. The molecule has 0 saturated carbocycles. The van der Waals surface area contributed by atoms with Crippen LogP contribution >= 0.6 is 0 Å². The van der Waals surface area contributed by atoms with Gasteiger partial charge >= 0.3 is 0 Å². The topological polar surface area (TPSA) is 84.5 Å². The van der Waals surface area contributed by atoms with Crippen molar-refractivity contribution in [3.05, 3.63) is 60.8 Å². The number of hydrogen-bond acceptors (Lipinski definition) is 7. The molecular weight excluding hydrogens is 522 g/mol. The van der Waals surface area contributed by atoms with Crippen LogP contribution in [0.3, 0.4) is 0 Å². The van der Waals surface area contributed by atoms with E-state index >= 15 is 0 Å². The van der Waals surface area contributed by atoms with Gasteiger partial charge in [-0.3, -0.25) is 4.79 Å². The molecular formula is C33H57NO7. The first kappa shape index (κ1) is 38.9. The van der Waals surface area contributed by atoms with E-state index in [1.165, 1.54) is 0 Å². The summed E-state index contributed by atoms with van der Waals surface area (Å²) in [6.07, 6.45) is 29.2. The highest BCUT2D eigenvalue weighted by Gasteiger charge is 1.99. The molecule has 0 aliphatic rings. The van der Waals surface area contributed by atoms with Gasteiger partial charge in [0.2, 0.25) is 5.91 Å². The van der Waals surface area contributed by atoms with Crippen LogP contribution in [-0.2, 0) is 33.2 Å². The van der Waals surface area contributed by atoms with Crippen LogP contribution in [0.2, 0.25) is 0 Å². The summed E-state index contributed by atoms with van der Waals surface area (Å²) in [6, 6.07) is 0. The Labute approximate surface area is 249 Å². The molecule has 0 heterocycles. The molecule has 0 aliphatic heterocycles. The van der Waals surface area contributed by atoms with Crippen LogP contribution in [0.25, 0.3) is 0 Å². The van der Waals surface area contributed by atoms with Crippen LogP contribution in [0, 0.1) is 0 Å². The maximum absolute atomic E-state index is 11.9. The fraction of sp³-hybridized carbons (Fsp3) is 0.667. The van der Waals surface area contributed by atoms with E-state index in [4.69, 9.17) is 28.4 Å². The molecule has 0 atom stereocenters. The Morgan fingerprint density at radius 3 is 1.37 bits per heavy atom. The highest BCUT2D eigenvalue weighted by atomic mass is 16.6. The van der Waals surface area contributed by atoms with Crippen molar-refractivity contribution in [2.75, 3.05) is 86.3 Å². The van der Waals surface area contributed by atoms with Crippen molar-refractivity contribution >= 4 is 5.91 Å². The molecule has 0 bridgehead atoms. The van der Waals surface area contributed by atoms with Gasteiger partial charge in [-0.05, 0) is 44.9 Å². The van der Waals surface area contributed by atoms with E-state index in [9.17, 15) is 4.79 Å². The molecule has 236 valence electrons. The average Bonchev–Trinajstić information content (AvgIpc) is 2.98. The quantitative estimate of drug-likeness (QED) is 0.0827. The zero-order valence-corrected chi connectivity index (χ0v) is 25.8. The van der Waals surface area contributed by atoms with Crippen molar-refractivity contribution < 1.29 is 33.2 Å². The molecule has 8 nitrogen and oxygen atoms in total. The van der Waals surface area contributed by atoms with Gasteiger partial charge in [0.1, 0.15) is 0 Å².